The number of hydrogen-bond donors (Lipinski definition) is 0. The second-order valence-corrected chi connectivity index (χ2v) is 7.25. The van der Waals surface area contributed by atoms with E-state index in [-0.39, 0.29) is 6.04 Å². The van der Waals surface area contributed by atoms with Gasteiger partial charge in [-0.25, -0.2) is 0 Å². The Labute approximate surface area is 147 Å². The molecule has 0 amide bonds. The maximum Gasteiger partial charge on any atom is 0.243 e. The minimum Gasteiger partial charge on any atom is -0.339 e. The van der Waals surface area contributed by atoms with Crippen molar-refractivity contribution < 1.29 is 9.05 Å². The van der Waals surface area contributed by atoms with Gasteiger partial charge in [-0.3, -0.25) is 9.80 Å². The van der Waals surface area contributed by atoms with Gasteiger partial charge in [-0.05, 0) is 33.2 Å². The number of aromatic nitrogens is 4. The molecule has 8 nitrogen and oxygen atoms in total. The van der Waals surface area contributed by atoms with Gasteiger partial charge >= 0.3 is 0 Å². The topological polar surface area (TPSA) is 84.3 Å². The zero-order valence-electron chi connectivity index (χ0n) is 15.2. The zero-order chi connectivity index (χ0) is 17.4. The average molecular weight is 346 g/mol. The van der Waals surface area contributed by atoms with Crippen LogP contribution >= 0.6 is 0 Å². The number of likely N-dealkylation sites (N-methyl/N-ethyl adjacent to an activating group) is 1. The van der Waals surface area contributed by atoms with Crippen LogP contribution in [-0.4, -0.2) is 56.3 Å². The van der Waals surface area contributed by atoms with E-state index in [2.05, 4.69) is 44.1 Å². The molecule has 1 aliphatic carbocycles. The molecule has 2 aliphatic rings. The minimum atomic E-state index is 0.162. The van der Waals surface area contributed by atoms with E-state index in [0.717, 1.165) is 43.5 Å². The number of aryl methyl sites for hydroxylation is 1. The molecular formula is C17H26N6O2. The first-order valence-electron chi connectivity index (χ1n) is 9.23. The van der Waals surface area contributed by atoms with Gasteiger partial charge in [0.25, 0.3) is 0 Å². The molecule has 3 heterocycles. The highest BCUT2D eigenvalue weighted by Crippen LogP contribution is 2.38. The lowest BCUT2D eigenvalue weighted by Gasteiger charge is -2.25. The summed E-state index contributed by atoms with van der Waals surface area (Å²) in [4.78, 5) is 13.7. The molecule has 25 heavy (non-hydrogen) atoms. The van der Waals surface area contributed by atoms with Crippen LogP contribution in [0.15, 0.2) is 9.05 Å². The van der Waals surface area contributed by atoms with Crippen LogP contribution in [0.3, 0.4) is 0 Å². The van der Waals surface area contributed by atoms with E-state index in [9.17, 15) is 0 Å². The van der Waals surface area contributed by atoms with E-state index in [4.69, 9.17) is 9.05 Å². The normalized spacial score (nSPS) is 22.8. The van der Waals surface area contributed by atoms with Crippen LogP contribution in [-0.2, 0) is 13.0 Å². The van der Waals surface area contributed by atoms with E-state index in [1.165, 1.54) is 12.8 Å². The second-order valence-electron chi connectivity index (χ2n) is 7.25. The van der Waals surface area contributed by atoms with Crippen LogP contribution in [0.1, 0.15) is 68.5 Å². The van der Waals surface area contributed by atoms with Crippen molar-refractivity contribution in [3.8, 4) is 0 Å². The predicted molar refractivity (Wildman–Crippen MR) is 89.8 cm³/mol. The van der Waals surface area contributed by atoms with Gasteiger partial charge in [0.2, 0.25) is 11.8 Å². The van der Waals surface area contributed by atoms with E-state index < -0.39 is 0 Å². The standard InChI is InChI=1S/C17H26N6O2/c1-4-15-18-14(20-24-15)10-22(3)13-7-8-23(9-13)11(2)17-19-16(21-25-17)12-5-6-12/h11-13H,4-10H2,1-3H3. The summed E-state index contributed by atoms with van der Waals surface area (Å²) in [5.74, 6) is 3.63. The van der Waals surface area contributed by atoms with Gasteiger partial charge in [0.1, 0.15) is 0 Å². The van der Waals surface area contributed by atoms with Crippen molar-refractivity contribution in [2.45, 2.75) is 64.1 Å². The summed E-state index contributed by atoms with van der Waals surface area (Å²) in [6, 6.07) is 0.632. The summed E-state index contributed by atoms with van der Waals surface area (Å²) in [6.07, 6.45) is 4.28. The first kappa shape index (κ1) is 16.7. The van der Waals surface area contributed by atoms with Crippen LogP contribution in [0.5, 0.6) is 0 Å². The molecule has 2 unspecified atom stereocenters. The molecule has 0 spiro atoms. The second kappa shape index (κ2) is 6.84. The molecule has 1 saturated carbocycles. The van der Waals surface area contributed by atoms with Gasteiger partial charge in [0.05, 0.1) is 12.6 Å². The number of hydrogen-bond acceptors (Lipinski definition) is 8. The van der Waals surface area contributed by atoms with E-state index >= 15 is 0 Å². The summed E-state index contributed by atoms with van der Waals surface area (Å²) < 4.78 is 10.7. The highest BCUT2D eigenvalue weighted by Gasteiger charge is 2.34. The molecule has 0 N–H and O–H groups in total. The van der Waals surface area contributed by atoms with Crippen molar-refractivity contribution in [2.24, 2.45) is 0 Å². The quantitative estimate of drug-likeness (QED) is 0.754. The maximum absolute atomic E-state index is 5.50. The van der Waals surface area contributed by atoms with Crippen molar-refractivity contribution in [2.75, 3.05) is 20.1 Å². The highest BCUT2D eigenvalue weighted by atomic mass is 16.5. The fraction of sp³-hybridized carbons (Fsp3) is 0.765. The molecule has 1 saturated heterocycles. The van der Waals surface area contributed by atoms with Crippen LogP contribution in [0.25, 0.3) is 0 Å². The summed E-state index contributed by atoms with van der Waals surface area (Å²) in [5.41, 5.74) is 0. The lowest BCUT2D eigenvalue weighted by atomic mass is 10.2. The number of likely N-dealkylation sites (tertiary alicyclic amines) is 1. The van der Waals surface area contributed by atoms with Crippen LogP contribution in [0, 0.1) is 0 Å². The summed E-state index contributed by atoms with van der Waals surface area (Å²) >= 11 is 0. The lowest BCUT2D eigenvalue weighted by Crippen LogP contribution is -2.35. The van der Waals surface area contributed by atoms with Crippen molar-refractivity contribution in [1.82, 2.24) is 30.1 Å². The Morgan fingerprint density at radius 2 is 2.04 bits per heavy atom. The predicted octanol–water partition coefficient (Wildman–Crippen LogP) is 2.16. The Morgan fingerprint density at radius 1 is 1.20 bits per heavy atom. The molecule has 0 aromatic carbocycles. The Bertz CT molecular complexity index is 710. The van der Waals surface area contributed by atoms with Gasteiger partial charge in [-0.15, -0.1) is 0 Å². The average Bonchev–Trinajstić information content (AvgIpc) is 3.07. The lowest BCUT2D eigenvalue weighted by molar-refractivity contribution is 0.177. The summed E-state index contributed by atoms with van der Waals surface area (Å²) in [5, 5.41) is 8.19. The Kier molecular flexibility index (Phi) is 4.56. The molecule has 1 aliphatic heterocycles. The molecule has 4 rings (SSSR count). The largest absolute Gasteiger partial charge is 0.339 e. The minimum absolute atomic E-state index is 0.162. The fourth-order valence-electron chi connectivity index (χ4n) is 3.41. The zero-order valence-corrected chi connectivity index (χ0v) is 15.2. The van der Waals surface area contributed by atoms with Crippen LogP contribution < -0.4 is 0 Å². The Morgan fingerprint density at radius 3 is 2.76 bits per heavy atom. The molecular weight excluding hydrogens is 320 g/mol. The third-order valence-corrected chi connectivity index (χ3v) is 5.33. The van der Waals surface area contributed by atoms with Crippen molar-refractivity contribution in [1.29, 1.82) is 0 Å². The van der Waals surface area contributed by atoms with Gasteiger partial charge < -0.3 is 9.05 Å². The molecule has 0 radical (unpaired) electrons. The van der Waals surface area contributed by atoms with Crippen LogP contribution in [0.4, 0.5) is 0 Å². The SMILES string of the molecule is CCc1nc(CN(C)C2CCN(C(C)c3nc(C4CC4)no3)C2)no1. The molecule has 2 atom stereocenters. The van der Waals surface area contributed by atoms with Gasteiger partial charge in [-0.1, -0.05) is 17.2 Å². The first-order valence-corrected chi connectivity index (χ1v) is 9.23. The molecule has 2 fully saturated rings. The summed E-state index contributed by atoms with van der Waals surface area (Å²) in [7, 11) is 2.12. The smallest absolute Gasteiger partial charge is 0.243 e. The third kappa shape index (κ3) is 3.59. The van der Waals surface area contributed by atoms with Gasteiger partial charge in [0, 0.05) is 31.5 Å². The van der Waals surface area contributed by atoms with E-state index in [1.54, 1.807) is 0 Å². The Hall–Kier alpha value is -1.80. The van der Waals surface area contributed by atoms with Gasteiger partial charge in [-0.2, -0.15) is 9.97 Å². The van der Waals surface area contributed by atoms with E-state index in [0.29, 0.717) is 24.4 Å². The van der Waals surface area contributed by atoms with Crippen molar-refractivity contribution in [3.05, 3.63) is 23.4 Å². The first-order chi connectivity index (χ1) is 12.1. The molecule has 2 aromatic rings. The number of rotatable bonds is 7. The van der Waals surface area contributed by atoms with Crippen LogP contribution in [0.2, 0.25) is 0 Å². The van der Waals surface area contributed by atoms with Crippen molar-refractivity contribution >= 4 is 0 Å². The number of nitrogens with zero attached hydrogens (tertiary/aromatic N) is 6. The van der Waals surface area contributed by atoms with E-state index in [1.807, 2.05) is 6.92 Å². The Balaban J connectivity index is 1.33. The third-order valence-electron chi connectivity index (χ3n) is 5.33. The highest BCUT2D eigenvalue weighted by molar-refractivity contribution is 5.05. The maximum atomic E-state index is 5.50. The molecule has 2 aromatic heterocycles. The van der Waals surface area contributed by atoms with Crippen molar-refractivity contribution in [3.63, 3.8) is 0 Å². The summed E-state index contributed by atoms with van der Waals surface area (Å²) in [6.45, 7) is 6.90. The van der Waals surface area contributed by atoms with Gasteiger partial charge in [0.15, 0.2) is 11.6 Å². The molecule has 136 valence electrons. The monoisotopic (exact) mass is 346 g/mol. The molecule has 0 bridgehead atoms. The fourth-order valence-corrected chi connectivity index (χ4v) is 3.41. The molecule has 8 heteroatoms.